The Morgan fingerprint density at radius 3 is 2.81 bits per heavy atom. The van der Waals surface area contributed by atoms with Gasteiger partial charge in [-0.15, -0.1) is 0 Å². The van der Waals surface area contributed by atoms with Crippen molar-refractivity contribution in [2.75, 3.05) is 19.6 Å². The molecule has 1 aliphatic heterocycles. The highest BCUT2D eigenvalue weighted by molar-refractivity contribution is 5.26. The predicted octanol–water partition coefficient (Wildman–Crippen LogP) is 3.53. The summed E-state index contributed by atoms with van der Waals surface area (Å²) in [6, 6.07) is 6.44. The van der Waals surface area contributed by atoms with Crippen molar-refractivity contribution >= 4 is 0 Å². The van der Waals surface area contributed by atoms with E-state index >= 15 is 0 Å². The molecule has 1 aromatic carbocycles. The number of nitrogens with one attached hydrogen (secondary N) is 1. The van der Waals surface area contributed by atoms with Gasteiger partial charge in [-0.1, -0.05) is 26.3 Å². The molecule has 0 amide bonds. The van der Waals surface area contributed by atoms with Gasteiger partial charge in [-0.25, -0.2) is 4.39 Å². The van der Waals surface area contributed by atoms with Crippen molar-refractivity contribution in [1.29, 1.82) is 0 Å². The topological polar surface area (TPSA) is 15.3 Å². The molecule has 1 aliphatic rings. The van der Waals surface area contributed by atoms with Gasteiger partial charge in [-0.3, -0.25) is 4.90 Å². The summed E-state index contributed by atoms with van der Waals surface area (Å²) in [6.45, 7) is 9.85. The summed E-state index contributed by atoms with van der Waals surface area (Å²) in [5, 5.41) is 3.68. The maximum absolute atomic E-state index is 13.2. The summed E-state index contributed by atoms with van der Waals surface area (Å²) in [5.74, 6) is -0.132. The third-order valence-corrected chi connectivity index (χ3v) is 4.69. The normalized spacial score (nSPS) is 23.4. The Morgan fingerprint density at radius 1 is 1.33 bits per heavy atom. The molecule has 2 atom stereocenters. The summed E-state index contributed by atoms with van der Waals surface area (Å²) in [5.41, 5.74) is 2.35. The van der Waals surface area contributed by atoms with Gasteiger partial charge in [0.1, 0.15) is 5.82 Å². The van der Waals surface area contributed by atoms with Gasteiger partial charge in [0.25, 0.3) is 0 Å². The molecule has 2 unspecified atom stereocenters. The quantitative estimate of drug-likeness (QED) is 0.863. The van der Waals surface area contributed by atoms with E-state index in [-0.39, 0.29) is 5.82 Å². The van der Waals surface area contributed by atoms with E-state index in [1.54, 1.807) is 12.1 Å². The minimum absolute atomic E-state index is 0.132. The fourth-order valence-electron chi connectivity index (χ4n) is 3.35. The zero-order valence-electron chi connectivity index (χ0n) is 13.7. The summed E-state index contributed by atoms with van der Waals surface area (Å²) < 4.78 is 13.2. The van der Waals surface area contributed by atoms with Gasteiger partial charge in [-0.05, 0) is 49.4 Å². The number of aryl methyl sites for hydroxylation is 1. The monoisotopic (exact) mass is 292 g/mol. The minimum atomic E-state index is -0.132. The molecular formula is C18H29FN2. The summed E-state index contributed by atoms with van der Waals surface area (Å²) >= 11 is 0. The molecule has 0 aromatic heterocycles. The highest BCUT2D eigenvalue weighted by Crippen LogP contribution is 2.16. The van der Waals surface area contributed by atoms with Crippen LogP contribution < -0.4 is 5.32 Å². The Morgan fingerprint density at radius 2 is 2.14 bits per heavy atom. The maximum atomic E-state index is 13.2. The highest BCUT2D eigenvalue weighted by Gasteiger charge is 2.25. The van der Waals surface area contributed by atoms with Crippen molar-refractivity contribution in [2.24, 2.45) is 0 Å². The van der Waals surface area contributed by atoms with E-state index in [0.717, 1.165) is 31.6 Å². The molecule has 1 fully saturated rings. The third-order valence-electron chi connectivity index (χ3n) is 4.69. The first-order chi connectivity index (χ1) is 10.1. The minimum Gasteiger partial charge on any atom is -0.311 e. The number of halogens is 1. The van der Waals surface area contributed by atoms with Crippen LogP contribution in [0.5, 0.6) is 0 Å². The van der Waals surface area contributed by atoms with Crippen molar-refractivity contribution in [3.8, 4) is 0 Å². The number of rotatable bonds is 6. The molecule has 1 heterocycles. The van der Waals surface area contributed by atoms with Gasteiger partial charge in [0.05, 0.1) is 0 Å². The van der Waals surface area contributed by atoms with Gasteiger partial charge >= 0.3 is 0 Å². The van der Waals surface area contributed by atoms with E-state index in [9.17, 15) is 4.39 Å². The van der Waals surface area contributed by atoms with Gasteiger partial charge in [-0.2, -0.15) is 0 Å². The Labute approximate surface area is 128 Å². The van der Waals surface area contributed by atoms with Crippen LogP contribution in [0.2, 0.25) is 0 Å². The molecule has 0 spiro atoms. The van der Waals surface area contributed by atoms with Crippen LogP contribution >= 0.6 is 0 Å². The average molecular weight is 292 g/mol. The average Bonchev–Trinajstić information content (AvgIpc) is 2.47. The second kappa shape index (κ2) is 7.90. The Kier molecular flexibility index (Phi) is 6.19. The van der Waals surface area contributed by atoms with Crippen molar-refractivity contribution in [1.82, 2.24) is 10.2 Å². The molecule has 2 nitrogen and oxygen atoms in total. The van der Waals surface area contributed by atoms with Crippen LogP contribution in [0.3, 0.4) is 0 Å². The molecule has 0 radical (unpaired) electrons. The maximum Gasteiger partial charge on any atom is 0.123 e. The van der Waals surface area contributed by atoms with E-state index in [4.69, 9.17) is 0 Å². The van der Waals surface area contributed by atoms with Crippen LogP contribution in [-0.2, 0) is 6.42 Å². The molecule has 0 saturated carbocycles. The van der Waals surface area contributed by atoms with Crippen molar-refractivity contribution in [2.45, 2.75) is 58.5 Å². The van der Waals surface area contributed by atoms with Crippen LogP contribution in [0.15, 0.2) is 18.2 Å². The molecule has 118 valence electrons. The number of hydrogen-bond donors (Lipinski definition) is 1. The molecule has 2 rings (SSSR count). The van der Waals surface area contributed by atoms with Gasteiger partial charge in [0.2, 0.25) is 0 Å². The largest absolute Gasteiger partial charge is 0.311 e. The van der Waals surface area contributed by atoms with Crippen LogP contribution in [-0.4, -0.2) is 36.6 Å². The lowest BCUT2D eigenvalue weighted by molar-refractivity contribution is 0.124. The van der Waals surface area contributed by atoms with E-state index < -0.39 is 0 Å². The number of piperazine rings is 1. The number of hydrogen-bond acceptors (Lipinski definition) is 2. The molecule has 1 N–H and O–H groups in total. The van der Waals surface area contributed by atoms with Crippen molar-refractivity contribution in [3.05, 3.63) is 35.1 Å². The van der Waals surface area contributed by atoms with E-state index in [1.165, 1.54) is 24.8 Å². The molecule has 1 saturated heterocycles. The summed E-state index contributed by atoms with van der Waals surface area (Å²) in [6.07, 6.45) is 4.69. The Balaban J connectivity index is 1.95. The lowest BCUT2D eigenvalue weighted by atomic mass is 10.0. The molecule has 3 heteroatoms. The summed E-state index contributed by atoms with van der Waals surface area (Å²) in [7, 11) is 0. The Bertz CT molecular complexity index is 447. The van der Waals surface area contributed by atoms with Crippen LogP contribution in [0.25, 0.3) is 0 Å². The first-order valence-electron chi connectivity index (χ1n) is 8.36. The molecule has 21 heavy (non-hydrogen) atoms. The second-order valence-corrected chi connectivity index (χ2v) is 6.27. The molecule has 0 aliphatic carbocycles. The third kappa shape index (κ3) is 4.52. The Hall–Kier alpha value is -0.930. The number of benzene rings is 1. The second-order valence-electron chi connectivity index (χ2n) is 6.27. The smallest absolute Gasteiger partial charge is 0.123 e. The van der Waals surface area contributed by atoms with Crippen LogP contribution in [0.4, 0.5) is 4.39 Å². The van der Waals surface area contributed by atoms with Gasteiger partial charge < -0.3 is 5.32 Å². The lowest BCUT2D eigenvalue weighted by Crippen LogP contribution is -2.56. The van der Waals surface area contributed by atoms with E-state index in [1.807, 2.05) is 13.0 Å². The molecular weight excluding hydrogens is 263 g/mol. The zero-order chi connectivity index (χ0) is 15.2. The van der Waals surface area contributed by atoms with E-state index in [0.29, 0.717) is 12.1 Å². The fourth-order valence-corrected chi connectivity index (χ4v) is 3.35. The SMILES string of the molecule is CCCC1CN(CCc2ccc(F)cc2C)C(CC)CN1. The first-order valence-corrected chi connectivity index (χ1v) is 8.36. The van der Waals surface area contributed by atoms with Gasteiger partial charge in [0, 0.05) is 31.7 Å². The fraction of sp³-hybridized carbons (Fsp3) is 0.667. The lowest BCUT2D eigenvalue weighted by Gasteiger charge is -2.40. The standard InChI is InChI=1S/C18H29FN2/c1-4-6-17-13-21(18(5-2)12-20-17)10-9-15-7-8-16(19)11-14(15)3/h7-8,11,17-18,20H,4-6,9-10,12-13H2,1-3H3. The van der Waals surface area contributed by atoms with Crippen molar-refractivity contribution in [3.63, 3.8) is 0 Å². The van der Waals surface area contributed by atoms with E-state index in [2.05, 4.69) is 24.1 Å². The van der Waals surface area contributed by atoms with Crippen LogP contribution in [0, 0.1) is 12.7 Å². The predicted molar refractivity (Wildman–Crippen MR) is 87.2 cm³/mol. The number of nitrogens with zero attached hydrogens (tertiary/aromatic N) is 1. The van der Waals surface area contributed by atoms with Crippen LogP contribution in [0.1, 0.15) is 44.2 Å². The first kappa shape index (κ1) is 16.4. The van der Waals surface area contributed by atoms with Gasteiger partial charge in [0.15, 0.2) is 0 Å². The molecule has 0 bridgehead atoms. The summed E-state index contributed by atoms with van der Waals surface area (Å²) in [4.78, 5) is 2.62. The highest BCUT2D eigenvalue weighted by atomic mass is 19.1. The van der Waals surface area contributed by atoms with Crippen molar-refractivity contribution < 1.29 is 4.39 Å². The zero-order valence-corrected chi connectivity index (χ0v) is 13.7. The molecule has 1 aromatic rings.